The molecule has 7 heteroatoms. The van der Waals surface area contributed by atoms with Crippen molar-refractivity contribution in [2.45, 2.75) is 25.8 Å². The molecule has 2 aromatic carbocycles. The number of aliphatic imine (C=N–C) groups is 1. The lowest BCUT2D eigenvalue weighted by molar-refractivity contribution is 0.0963. The minimum Gasteiger partial charge on any atom is -0.493 e. The number of para-hydroxylation sites is 1. The predicted molar refractivity (Wildman–Crippen MR) is 127 cm³/mol. The first-order valence-electron chi connectivity index (χ1n) is 9.79. The van der Waals surface area contributed by atoms with E-state index < -0.39 is 0 Å². The highest BCUT2D eigenvalue weighted by Gasteiger charge is 2.21. The number of halogens is 1. The third-order valence-electron chi connectivity index (χ3n) is 4.70. The van der Waals surface area contributed by atoms with Crippen LogP contribution in [0.2, 0.25) is 0 Å². The van der Waals surface area contributed by atoms with Gasteiger partial charge >= 0.3 is 0 Å². The van der Waals surface area contributed by atoms with Gasteiger partial charge in [-0.1, -0.05) is 30.3 Å². The van der Waals surface area contributed by atoms with Crippen LogP contribution >= 0.6 is 24.0 Å². The highest BCUT2D eigenvalue weighted by atomic mass is 127. The molecule has 1 atom stereocenters. The summed E-state index contributed by atoms with van der Waals surface area (Å²) in [7, 11) is 1.64. The SMILES string of the molecule is CCNC(=NCCc1cccc(C(=O)NC)c1)NC1CCOc2ccccc21.I. The summed E-state index contributed by atoms with van der Waals surface area (Å²) in [6, 6.07) is 16.0. The summed E-state index contributed by atoms with van der Waals surface area (Å²) in [5, 5.41) is 9.51. The molecule has 1 unspecified atom stereocenters. The number of fused-ring (bicyclic) bond motifs is 1. The van der Waals surface area contributed by atoms with Crippen molar-refractivity contribution in [3.8, 4) is 5.75 Å². The molecular formula is C22H29IN4O2. The fourth-order valence-electron chi connectivity index (χ4n) is 3.29. The van der Waals surface area contributed by atoms with Gasteiger partial charge in [0, 0.05) is 37.7 Å². The maximum Gasteiger partial charge on any atom is 0.251 e. The van der Waals surface area contributed by atoms with Gasteiger partial charge in [-0.15, -0.1) is 24.0 Å². The lowest BCUT2D eigenvalue weighted by Gasteiger charge is -2.28. The monoisotopic (exact) mass is 508 g/mol. The molecule has 0 aromatic heterocycles. The van der Waals surface area contributed by atoms with Gasteiger partial charge in [-0.25, -0.2) is 0 Å². The second-order valence-electron chi connectivity index (χ2n) is 6.66. The molecule has 0 saturated heterocycles. The smallest absolute Gasteiger partial charge is 0.251 e. The van der Waals surface area contributed by atoms with Crippen molar-refractivity contribution in [1.82, 2.24) is 16.0 Å². The molecule has 2 aromatic rings. The third-order valence-corrected chi connectivity index (χ3v) is 4.70. The van der Waals surface area contributed by atoms with E-state index >= 15 is 0 Å². The molecule has 29 heavy (non-hydrogen) atoms. The van der Waals surface area contributed by atoms with E-state index in [2.05, 4.69) is 28.9 Å². The normalized spacial score (nSPS) is 15.4. The van der Waals surface area contributed by atoms with Gasteiger partial charge in [0.1, 0.15) is 5.75 Å². The van der Waals surface area contributed by atoms with Crippen molar-refractivity contribution in [3.05, 3.63) is 65.2 Å². The molecule has 1 aliphatic rings. The maximum absolute atomic E-state index is 11.8. The molecule has 0 radical (unpaired) electrons. The minimum absolute atomic E-state index is 0. The molecule has 0 spiro atoms. The second kappa shape index (κ2) is 11.6. The van der Waals surface area contributed by atoms with Gasteiger partial charge in [-0.3, -0.25) is 9.79 Å². The van der Waals surface area contributed by atoms with Crippen molar-refractivity contribution in [1.29, 1.82) is 0 Å². The van der Waals surface area contributed by atoms with E-state index in [4.69, 9.17) is 9.73 Å². The largest absolute Gasteiger partial charge is 0.493 e. The summed E-state index contributed by atoms with van der Waals surface area (Å²) >= 11 is 0. The van der Waals surface area contributed by atoms with Gasteiger partial charge in [0.25, 0.3) is 5.91 Å². The first-order valence-corrected chi connectivity index (χ1v) is 9.79. The van der Waals surface area contributed by atoms with E-state index in [0.29, 0.717) is 18.7 Å². The summed E-state index contributed by atoms with van der Waals surface area (Å²) < 4.78 is 5.74. The topological polar surface area (TPSA) is 74.8 Å². The summed E-state index contributed by atoms with van der Waals surface area (Å²) in [5.41, 5.74) is 2.93. The zero-order valence-corrected chi connectivity index (χ0v) is 19.2. The van der Waals surface area contributed by atoms with Gasteiger partial charge in [0.15, 0.2) is 5.96 Å². The van der Waals surface area contributed by atoms with Crippen LogP contribution in [0, 0.1) is 0 Å². The van der Waals surface area contributed by atoms with Crippen LogP contribution in [0.5, 0.6) is 5.75 Å². The lowest BCUT2D eigenvalue weighted by atomic mass is 10.0. The highest BCUT2D eigenvalue weighted by Crippen LogP contribution is 2.31. The zero-order valence-electron chi connectivity index (χ0n) is 16.9. The Balaban J connectivity index is 0.00000300. The molecule has 6 nitrogen and oxygen atoms in total. The van der Waals surface area contributed by atoms with Crippen LogP contribution in [-0.4, -0.2) is 38.6 Å². The molecule has 1 aliphatic heterocycles. The van der Waals surface area contributed by atoms with Crippen LogP contribution < -0.4 is 20.7 Å². The number of hydrogen-bond acceptors (Lipinski definition) is 3. The number of carbonyl (C=O) groups excluding carboxylic acids is 1. The molecule has 0 fully saturated rings. The van der Waals surface area contributed by atoms with Crippen LogP contribution in [0.25, 0.3) is 0 Å². The quantitative estimate of drug-likeness (QED) is 0.318. The molecule has 0 aliphatic carbocycles. The number of nitrogens with zero attached hydrogens (tertiary/aromatic N) is 1. The fraction of sp³-hybridized carbons (Fsp3) is 0.364. The number of ether oxygens (including phenoxy) is 1. The highest BCUT2D eigenvalue weighted by molar-refractivity contribution is 14.0. The van der Waals surface area contributed by atoms with Crippen LogP contribution in [0.3, 0.4) is 0 Å². The van der Waals surface area contributed by atoms with Crippen molar-refractivity contribution >= 4 is 35.8 Å². The van der Waals surface area contributed by atoms with E-state index in [1.54, 1.807) is 7.05 Å². The van der Waals surface area contributed by atoms with Gasteiger partial charge in [-0.2, -0.15) is 0 Å². The van der Waals surface area contributed by atoms with E-state index in [9.17, 15) is 4.79 Å². The number of guanidine groups is 1. The Kier molecular flexibility index (Phi) is 9.24. The number of carbonyl (C=O) groups is 1. The zero-order chi connectivity index (χ0) is 19.8. The Morgan fingerprint density at radius 3 is 2.83 bits per heavy atom. The Hall–Kier alpha value is -2.29. The fourth-order valence-corrected chi connectivity index (χ4v) is 3.29. The summed E-state index contributed by atoms with van der Waals surface area (Å²) in [6.45, 7) is 4.18. The van der Waals surface area contributed by atoms with E-state index in [-0.39, 0.29) is 35.9 Å². The third kappa shape index (κ3) is 6.35. The Morgan fingerprint density at radius 2 is 2.03 bits per heavy atom. The van der Waals surface area contributed by atoms with Crippen molar-refractivity contribution in [2.75, 3.05) is 26.7 Å². The summed E-state index contributed by atoms with van der Waals surface area (Å²) in [5.74, 6) is 1.67. The Bertz CT molecular complexity index is 841. The molecule has 156 valence electrons. The molecule has 3 N–H and O–H groups in total. The first-order chi connectivity index (χ1) is 13.7. The molecule has 0 saturated carbocycles. The minimum atomic E-state index is -0.0708. The summed E-state index contributed by atoms with van der Waals surface area (Å²) in [6.07, 6.45) is 1.67. The molecule has 0 bridgehead atoms. The molecular weight excluding hydrogens is 479 g/mol. The van der Waals surface area contributed by atoms with E-state index in [0.717, 1.165) is 42.2 Å². The van der Waals surface area contributed by atoms with Crippen LogP contribution in [-0.2, 0) is 6.42 Å². The Morgan fingerprint density at radius 1 is 1.21 bits per heavy atom. The van der Waals surface area contributed by atoms with Crippen molar-refractivity contribution in [3.63, 3.8) is 0 Å². The van der Waals surface area contributed by atoms with Crippen LogP contribution in [0.1, 0.15) is 40.9 Å². The van der Waals surface area contributed by atoms with Gasteiger partial charge in [0.05, 0.1) is 12.6 Å². The Labute approximate surface area is 189 Å². The molecule has 1 heterocycles. The predicted octanol–water partition coefficient (Wildman–Crippen LogP) is 3.29. The maximum atomic E-state index is 11.8. The standard InChI is InChI=1S/C22H28N4O2.HI/c1-3-24-22(26-19-12-14-28-20-10-5-4-9-18(19)20)25-13-11-16-7-6-8-17(15-16)21(27)23-2;/h4-10,15,19H,3,11-14H2,1-2H3,(H,23,27)(H2,24,25,26);1H. The van der Waals surface area contributed by atoms with Gasteiger partial charge < -0.3 is 20.7 Å². The van der Waals surface area contributed by atoms with E-state index in [1.807, 2.05) is 42.5 Å². The number of nitrogens with one attached hydrogen (secondary N) is 3. The number of rotatable bonds is 6. The second-order valence-corrected chi connectivity index (χ2v) is 6.66. The van der Waals surface area contributed by atoms with Gasteiger partial charge in [-0.05, 0) is 37.1 Å². The van der Waals surface area contributed by atoms with Crippen LogP contribution in [0.15, 0.2) is 53.5 Å². The number of hydrogen-bond donors (Lipinski definition) is 3. The van der Waals surface area contributed by atoms with Crippen LogP contribution in [0.4, 0.5) is 0 Å². The summed E-state index contributed by atoms with van der Waals surface area (Å²) in [4.78, 5) is 16.5. The van der Waals surface area contributed by atoms with Gasteiger partial charge in [0.2, 0.25) is 0 Å². The average molecular weight is 508 g/mol. The number of benzene rings is 2. The first kappa shape index (κ1) is 23.0. The number of amides is 1. The lowest BCUT2D eigenvalue weighted by Crippen LogP contribution is -2.41. The molecule has 1 amide bonds. The molecule has 3 rings (SSSR count). The van der Waals surface area contributed by atoms with E-state index in [1.165, 1.54) is 0 Å². The average Bonchev–Trinajstić information content (AvgIpc) is 2.74. The van der Waals surface area contributed by atoms with Crippen molar-refractivity contribution in [2.24, 2.45) is 4.99 Å². The van der Waals surface area contributed by atoms with Crippen molar-refractivity contribution < 1.29 is 9.53 Å².